The van der Waals surface area contributed by atoms with Crippen molar-refractivity contribution in [3.63, 3.8) is 0 Å². The third kappa shape index (κ3) is 6.49. The molecule has 13 heteroatoms. The second-order valence-corrected chi connectivity index (χ2v) is 33.7. The summed E-state index contributed by atoms with van der Waals surface area (Å²) in [4.78, 5) is 0.544. The Morgan fingerprint density at radius 1 is 0.852 bits per heavy atom. The molecule has 300 valence electrons. The van der Waals surface area contributed by atoms with Crippen molar-refractivity contribution in [3.05, 3.63) is 70.8 Å². The van der Waals surface area contributed by atoms with Gasteiger partial charge in [-0.15, -0.1) is 0 Å². The van der Waals surface area contributed by atoms with Gasteiger partial charge in [0, 0.05) is 54.2 Å². The van der Waals surface area contributed by atoms with Crippen LogP contribution < -0.4 is 0 Å². The molecule has 1 aliphatic heterocycles. The van der Waals surface area contributed by atoms with Crippen LogP contribution in [0.25, 0.3) is 0 Å². The van der Waals surface area contributed by atoms with E-state index in [0.29, 0.717) is 57.1 Å². The Kier molecular flexibility index (Phi) is 9.88. The maximum Gasteiger partial charge on any atom is 0.281 e. The molecule has 8 atom stereocenters. The molecule has 0 aromatic heterocycles. The summed E-state index contributed by atoms with van der Waals surface area (Å²) in [6.45, 7) is 7.19. The van der Waals surface area contributed by atoms with Gasteiger partial charge in [0.1, 0.15) is 5.60 Å². The van der Waals surface area contributed by atoms with Crippen LogP contribution in [0.2, 0.25) is 0 Å². The Labute approximate surface area is 325 Å². The lowest BCUT2D eigenvalue weighted by Crippen LogP contribution is -2.66. The summed E-state index contributed by atoms with van der Waals surface area (Å²) in [5.74, 6) is -5.69. The molecule has 4 unspecified atom stereocenters. The fourth-order valence-electron chi connectivity index (χ4n) is 10.6. The minimum atomic E-state index is -3.81. The molecule has 1 spiro atoms. The van der Waals surface area contributed by atoms with E-state index in [-0.39, 0.29) is 41.4 Å². The number of ether oxygens (including phenoxy) is 2. The molecule has 2 N–H and O–H groups in total. The first-order valence-electron chi connectivity index (χ1n) is 18.9. The van der Waals surface area contributed by atoms with E-state index in [1.54, 1.807) is 31.2 Å². The van der Waals surface area contributed by atoms with E-state index in [1.165, 1.54) is 18.4 Å². The quantitative estimate of drug-likeness (QED) is 0.169. The third-order valence-electron chi connectivity index (χ3n) is 13.8. The molecule has 1 saturated heterocycles. The van der Waals surface area contributed by atoms with Crippen LogP contribution in [0.4, 0.5) is 13.2 Å². The van der Waals surface area contributed by atoms with Gasteiger partial charge in [-0.3, -0.25) is 4.21 Å². The number of alkyl halides is 3. The maximum absolute atomic E-state index is 16.5. The van der Waals surface area contributed by atoms with E-state index in [1.807, 2.05) is 19.1 Å². The zero-order valence-corrected chi connectivity index (χ0v) is 36.0. The highest BCUT2D eigenvalue weighted by atomic mass is 127. The summed E-state index contributed by atoms with van der Waals surface area (Å²) >= 11 is -1.87. The van der Waals surface area contributed by atoms with Gasteiger partial charge in [0.15, 0.2) is 11.5 Å². The molecule has 4 aliphatic carbocycles. The van der Waals surface area contributed by atoms with Gasteiger partial charge in [0.05, 0.1) is 41.6 Å². The first kappa shape index (κ1) is 40.8. The second kappa shape index (κ2) is 13.1. The SMILES string of the molecule is Cc1ccc(S(=O)(=O)I=S(C)(=O)c2ccc([C@H]3C[C@@]4(C)C(CC[C@@]4(O)C(C)(F)C(C)(F)F)C4CC[C@@]5(O)CC6(CCC5=C43)OCC(C)(C)CO6)cc2)cc1. The van der Waals surface area contributed by atoms with E-state index in [0.717, 1.165) is 29.2 Å². The number of halogens is 4. The van der Waals surface area contributed by atoms with Gasteiger partial charge in [-0.25, -0.2) is 21.6 Å². The first-order chi connectivity index (χ1) is 24.8. The van der Waals surface area contributed by atoms with Gasteiger partial charge in [0.25, 0.3) is 5.92 Å². The minimum absolute atomic E-state index is 0.114. The molecule has 54 heavy (non-hydrogen) atoms. The Bertz CT molecular complexity index is 2080. The molecule has 2 aromatic rings. The molecular weight excluding hydrogens is 852 g/mol. The Morgan fingerprint density at radius 2 is 1.44 bits per heavy atom. The number of rotatable bonds is 6. The zero-order chi connectivity index (χ0) is 39.5. The molecular formula is C41H54F3IO7S2. The first-order valence-corrected chi connectivity index (χ1v) is 27.4. The van der Waals surface area contributed by atoms with E-state index >= 15 is 13.2 Å². The van der Waals surface area contributed by atoms with Crippen molar-refractivity contribution in [2.75, 3.05) is 19.5 Å². The maximum atomic E-state index is 16.5. The molecule has 7 rings (SSSR count). The number of aliphatic hydroxyl groups is 2. The predicted octanol–water partition coefficient (Wildman–Crippen LogP) is 8.95. The van der Waals surface area contributed by atoms with Crippen molar-refractivity contribution in [2.45, 2.75) is 137 Å². The third-order valence-corrected chi connectivity index (χ3v) is 30.9. The van der Waals surface area contributed by atoms with E-state index in [2.05, 4.69) is 13.8 Å². The van der Waals surface area contributed by atoms with Crippen LogP contribution in [0.15, 0.2) is 69.5 Å². The average molecular weight is 907 g/mol. The van der Waals surface area contributed by atoms with Gasteiger partial charge in [-0.05, 0) is 99.6 Å². The Balaban J connectivity index is 1.32. The highest BCUT2D eigenvalue weighted by Gasteiger charge is 2.74. The van der Waals surface area contributed by atoms with Crippen molar-refractivity contribution >= 4 is 31.5 Å². The van der Waals surface area contributed by atoms with Crippen molar-refractivity contribution in [1.82, 2.24) is 0 Å². The lowest BCUT2D eigenvalue weighted by Gasteiger charge is -2.60. The highest BCUT2D eigenvalue weighted by Crippen LogP contribution is 2.71. The topological polar surface area (TPSA) is 110 Å². The monoisotopic (exact) mass is 906 g/mol. The summed E-state index contributed by atoms with van der Waals surface area (Å²) in [5, 5.41) is 24.8. The minimum Gasteiger partial charge on any atom is -0.386 e. The normalized spacial score (nSPS) is 35.7. The molecule has 0 bridgehead atoms. The smallest absolute Gasteiger partial charge is 0.281 e. The number of hydrogen-bond donors (Lipinski definition) is 2. The van der Waals surface area contributed by atoms with Gasteiger partial charge >= 0.3 is 0 Å². The standard InChI is InChI=1S/C41H54F3IO7S2/c1-26-8-12-29(13-9-26)54(49,50)45-53(7,48)28-14-10-27(11-15-28)31-22-36(4)32(18-21-41(36,47)37(5,42)38(6,43)44)30-16-19-39(46)23-40(20-17-33(39)34(30)31)51-24-35(2,3)25-52-40/h8-15,30-32,46-47H,16-25H2,1-7H3/t30?,31-,32?,36+,37?,39-,41+,53?/m1/s1. The average Bonchev–Trinajstić information content (AvgIpc) is 3.36. The van der Waals surface area contributed by atoms with Crippen molar-refractivity contribution in [3.8, 4) is 0 Å². The number of aryl methyl sites for hydroxylation is 1. The lowest BCUT2D eigenvalue weighted by atomic mass is 9.48. The van der Waals surface area contributed by atoms with Gasteiger partial charge in [-0.1, -0.05) is 56.2 Å². The van der Waals surface area contributed by atoms with Crippen LogP contribution in [0.1, 0.15) is 103 Å². The number of hydrogen-bond acceptors (Lipinski definition) is 7. The summed E-state index contributed by atoms with van der Waals surface area (Å²) < 4.78 is 100. The lowest BCUT2D eigenvalue weighted by molar-refractivity contribution is -0.322. The Hall–Kier alpha value is -1.36. The molecule has 2 aromatic carbocycles. The van der Waals surface area contributed by atoms with Crippen LogP contribution in [-0.2, 0) is 23.1 Å². The molecule has 0 radical (unpaired) electrons. The molecule has 0 amide bonds. The summed E-state index contributed by atoms with van der Waals surface area (Å²) in [6, 6.07) is 13.5. The van der Waals surface area contributed by atoms with Crippen LogP contribution in [0.3, 0.4) is 0 Å². The molecule has 1 heterocycles. The largest absolute Gasteiger partial charge is 0.386 e. The van der Waals surface area contributed by atoms with E-state index < -0.39 is 71.4 Å². The summed E-state index contributed by atoms with van der Waals surface area (Å²) in [7, 11) is -3.77. The van der Waals surface area contributed by atoms with Crippen LogP contribution >= 0.6 is 17.9 Å². The van der Waals surface area contributed by atoms with Crippen LogP contribution in [-0.4, -0.2) is 70.9 Å². The zero-order valence-electron chi connectivity index (χ0n) is 32.2. The van der Waals surface area contributed by atoms with E-state index in [9.17, 15) is 22.8 Å². The van der Waals surface area contributed by atoms with Crippen LogP contribution in [0.5, 0.6) is 0 Å². The van der Waals surface area contributed by atoms with Gasteiger partial charge in [0.2, 0.25) is 7.01 Å². The molecule has 5 aliphatic rings. The fraction of sp³-hybridized carbons (Fsp3) is 0.659. The highest BCUT2D eigenvalue weighted by molar-refractivity contribution is 14.2. The van der Waals surface area contributed by atoms with Crippen LogP contribution in [0, 0.1) is 29.6 Å². The van der Waals surface area contributed by atoms with Gasteiger partial charge in [-0.2, -0.15) is 0 Å². The van der Waals surface area contributed by atoms with Crippen molar-refractivity contribution in [2.24, 2.45) is 22.7 Å². The molecule has 7 nitrogen and oxygen atoms in total. The van der Waals surface area contributed by atoms with E-state index in [4.69, 9.17) is 9.47 Å². The number of benzene rings is 2. The van der Waals surface area contributed by atoms with Crippen molar-refractivity contribution < 1.29 is 45.5 Å². The molecule has 3 saturated carbocycles. The number of fused-ring (bicyclic) bond motifs is 4. The summed E-state index contributed by atoms with van der Waals surface area (Å²) in [6.07, 6.45) is 4.13. The molecule has 4 fully saturated rings. The van der Waals surface area contributed by atoms with Gasteiger partial charge < -0.3 is 19.7 Å². The summed E-state index contributed by atoms with van der Waals surface area (Å²) in [5.41, 5.74) is -4.57. The Morgan fingerprint density at radius 3 is 2.04 bits per heavy atom. The number of allylic oxidation sites excluding steroid dienone is 1. The van der Waals surface area contributed by atoms with Crippen molar-refractivity contribution in [1.29, 1.82) is 0 Å². The predicted molar refractivity (Wildman–Crippen MR) is 211 cm³/mol. The second-order valence-electron chi connectivity index (χ2n) is 18.1. The fourth-order valence-corrected chi connectivity index (χ4v) is 27.1.